The Kier molecular flexibility index (Phi) is 13.0. The summed E-state index contributed by atoms with van der Waals surface area (Å²) < 4.78 is 0. The van der Waals surface area contributed by atoms with Crippen molar-refractivity contribution < 1.29 is 30.0 Å². The Bertz CT molecular complexity index is 591. The highest BCUT2D eigenvalue weighted by atomic mass is 16.4. The van der Waals surface area contributed by atoms with Crippen molar-refractivity contribution in [2.24, 2.45) is 0 Å². The molecule has 2 unspecified atom stereocenters. The molecule has 0 saturated carbocycles. The van der Waals surface area contributed by atoms with Crippen molar-refractivity contribution in [3.63, 3.8) is 0 Å². The van der Waals surface area contributed by atoms with Crippen LogP contribution in [0, 0.1) is 0 Å². The number of carboxylic acid groups (broad SMARTS) is 2. The maximum absolute atomic E-state index is 10.2. The molecule has 6 nitrogen and oxygen atoms in total. The third-order valence-electron chi connectivity index (χ3n) is 3.43. The third kappa shape index (κ3) is 13.2. The molecule has 0 aliphatic heterocycles. The molecule has 2 rings (SSSR count). The van der Waals surface area contributed by atoms with E-state index >= 15 is 0 Å². The van der Waals surface area contributed by atoms with E-state index in [0.29, 0.717) is 24.0 Å². The van der Waals surface area contributed by atoms with Gasteiger partial charge in [0.25, 0.3) is 0 Å². The van der Waals surface area contributed by atoms with E-state index in [-0.39, 0.29) is 12.2 Å². The quantitative estimate of drug-likeness (QED) is 0.611. The lowest BCUT2D eigenvalue weighted by Gasteiger charge is -2.07. The number of carboxylic acids is 2. The summed E-state index contributed by atoms with van der Waals surface area (Å²) >= 11 is 0. The zero-order valence-corrected chi connectivity index (χ0v) is 15.7. The van der Waals surface area contributed by atoms with E-state index in [1.54, 1.807) is 67.6 Å². The number of aliphatic hydroxyl groups excluding tert-OH is 2. The number of rotatable bonds is 6. The summed E-state index contributed by atoms with van der Waals surface area (Å²) in [5.41, 5.74) is 0.662. The van der Waals surface area contributed by atoms with Gasteiger partial charge in [0.15, 0.2) is 0 Å². The van der Waals surface area contributed by atoms with Crippen LogP contribution in [0.2, 0.25) is 0 Å². The number of benzene rings is 2. The van der Waals surface area contributed by atoms with E-state index in [4.69, 9.17) is 20.4 Å². The fraction of sp³-hybridized carbons (Fsp3) is 0.333. The first kappa shape index (κ1) is 24.3. The van der Waals surface area contributed by atoms with E-state index in [2.05, 4.69) is 0 Å². The predicted octanol–water partition coefficient (Wildman–Crippen LogP) is 3.69. The fourth-order valence-electron chi connectivity index (χ4n) is 1.80. The minimum atomic E-state index is -0.879. The van der Waals surface area contributed by atoms with Crippen LogP contribution in [0.5, 0.6) is 0 Å². The maximum Gasteiger partial charge on any atom is 0.335 e. The molecule has 2 aromatic rings. The Balaban J connectivity index is 0.000000376. The lowest BCUT2D eigenvalue weighted by atomic mass is 10.1. The summed E-state index contributed by atoms with van der Waals surface area (Å²) in [4.78, 5) is 20.4. The molecule has 4 N–H and O–H groups in total. The fourth-order valence-corrected chi connectivity index (χ4v) is 1.80. The van der Waals surface area contributed by atoms with Crippen molar-refractivity contribution in [1.82, 2.24) is 0 Å². The number of hydrogen-bond donors (Lipinski definition) is 4. The highest BCUT2D eigenvalue weighted by Crippen LogP contribution is 2.03. The van der Waals surface area contributed by atoms with Gasteiger partial charge in [0.05, 0.1) is 23.3 Å². The number of aliphatic hydroxyl groups is 2. The van der Waals surface area contributed by atoms with Crippen molar-refractivity contribution in [3.05, 3.63) is 71.8 Å². The topological polar surface area (TPSA) is 115 Å². The molecule has 0 aliphatic rings. The average molecular weight is 376 g/mol. The third-order valence-corrected chi connectivity index (χ3v) is 3.43. The monoisotopic (exact) mass is 376 g/mol. The maximum atomic E-state index is 10.2. The summed E-state index contributed by atoms with van der Waals surface area (Å²) in [5.74, 6) is -1.76. The Morgan fingerprint density at radius 2 is 1.15 bits per heavy atom. The van der Waals surface area contributed by atoms with Crippen LogP contribution in [0.1, 0.15) is 53.8 Å². The van der Waals surface area contributed by atoms with Crippen molar-refractivity contribution in [3.8, 4) is 0 Å². The van der Waals surface area contributed by atoms with Crippen LogP contribution in [0.25, 0.3) is 0 Å². The Labute approximate surface area is 159 Å². The van der Waals surface area contributed by atoms with E-state index in [1.807, 2.05) is 6.92 Å². The molecule has 0 spiro atoms. The lowest BCUT2D eigenvalue weighted by Crippen LogP contribution is -2.08. The van der Waals surface area contributed by atoms with Crippen molar-refractivity contribution >= 4 is 11.9 Å². The van der Waals surface area contributed by atoms with Gasteiger partial charge >= 0.3 is 11.9 Å². The van der Waals surface area contributed by atoms with Gasteiger partial charge in [-0.3, -0.25) is 0 Å². The van der Waals surface area contributed by atoms with Crippen LogP contribution < -0.4 is 0 Å². The average Bonchev–Trinajstić information content (AvgIpc) is 2.68. The Hall–Kier alpha value is -2.70. The highest BCUT2D eigenvalue weighted by Gasteiger charge is 2.02. The molecule has 0 aromatic heterocycles. The summed E-state index contributed by atoms with van der Waals surface area (Å²) in [6.07, 6.45) is 1.71. The van der Waals surface area contributed by atoms with Crippen LogP contribution in [0.15, 0.2) is 60.7 Å². The Morgan fingerprint density at radius 1 is 0.778 bits per heavy atom. The lowest BCUT2D eigenvalue weighted by molar-refractivity contribution is 0.0686. The first-order chi connectivity index (χ1) is 12.8. The molecular weight excluding hydrogens is 348 g/mol. The van der Waals surface area contributed by atoms with E-state index in [9.17, 15) is 9.59 Å². The molecule has 27 heavy (non-hydrogen) atoms. The summed E-state index contributed by atoms with van der Waals surface area (Å²) in [6.45, 7) is 3.68. The van der Waals surface area contributed by atoms with Crippen LogP contribution in [-0.2, 0) is 0 Å². The summed E-state index contributed by atoms with van der Waals surface area (Å²) in [5, 5.41) is 34.6. The molecule has 2 atom stereocenters. The zero-order chi connectivity index (χ0) is 20.7. The second kappa shape index (κ2) is 14.5. The smallest absolute Gasteiger partial charge is 0.335 e. The van der Waals surface area contributed by atoms with Gasteiger partial charge in [-0.2, -0.15) is 0 Å². The van der Waals surface area contributed by atoms with Crippen LogP contribution in [0.4, 0.5) is 0 Å². The van der Waals surface area contributed by atoms with Gasteiger partial charge in [-0.25, -0.2) is 9.59 Å². The van der Waals surface area contributed by atoms with Crippen LogP contribution >= 0.6 is 0 Å². The number of hydrogen-bond acceptors (Lipinski definition) is 4. The SMILES string of the molecule is CCC(O)CCC(C)O.O=C(O)c1ccccc1.O=C(O)c1ccccc1. The van der Waals surface area contributed by atoms with Gasteiger partial charge in [0.1, 0.15) is 0 Å². The van der Waals surface area contributed by atoms with Gasteiger partial charge in [0.2, 0.25) is 0 Å². The molecule has 0 fully saturated rings. The minimum absolute atomic E-state index is 0.223. The molecule has 0 radical (unpaired) electrons. The molecular formula is C21H28O6. The number of carbonyl (C=O) groups is 2. The van der Waals surface area contributed by atoms with Gasteiger partial charge in [-0.05, 0) is 50.5 Å². The second-order valence-electron chi connectivity index (χ2n) is 5.83. The molecule has 0 amide bonds. The normalized spacial score (nSPS) is 11.7. The summed E-state index contributed by atoms with van der Waals surface area (Å²) in [6, 6.07) is 16.6. The molecule has 0 aliphatic carbocycles. The van der Waals surface area contributed by atoms with Crippen molar-refractivity contribution in [2.75, 3.05) is 0 Å². The molecule has 0 heterocycles. The van der Waals surface area contributed by atoms with Crippen LogP contribution in [-0.4, -0.2) is 44.6 Å². The van der Waals surface area contributed by atoms with E-state index in [0.717, 1.165) is 6.42 Å². The molecule has 2 aromatic carbocycles. The Morgan fingerprint density at radius 3 is 1.37 bits per heavy atom. The van der Waals surface area contributed by atoms with Crippen molar-refractivity contribution in [1.29, 1.82) is 0 Å². The first-order valence-corrected chi connectivity index (χ1v) is 8.70. The molecule has 0 saturated heterocycles. The first-order valence-electron chi connectivity index (χ1n) is 8.70. The van der Waals surface area contributed by atoms with Crippen molar-refractivity contribution in [2.45, 2.75) is 45.3 Å². The van der Waals surface area contributed by atoms with Gasteiger partial charge in [-0.15, -0.1) is 0 Å². The largest absolute Gasteiger partial charge is 0.478 e. The molecule has 148 valence electrons. The van der Waals surface area contributed by atoms with Gasteiger partial charge < -0.3 is 20.4 Å². The van der Waals surface area contributed by atoms with Gasteiger partial charge in [-0.1, -0.05) is 43.3 Å². The number of aromatic carboxylic acids is 2. The van der Waals surface area contributed by atoms with Crippen LogP contribution in [0.3, 0.4) is 0 Å². The van der Waals surface area contributed by atoms with Gasteiger partial charge in [0, 0.05) is 0 Å². The second-order valence-corrected chi connectivity index (χ2v) is 5.83. The summed E-state index contributed by atoms with van der Waals surface area (Å²) in [7, 11) is 0. The standard InChI is InChI=1S/2C7H6O2.C7H16O2/c2*8-7(9)6-4-2-1-3-5-6;1-3-7(9)5-4-6(2)8/h2*1-5H,(H,8,9);6-9H,3-5H2,1-2H3. The predicted molar refractivity (Wildman–Crippen MR) is 104 cm³/mol. The van der Waals surface area contributed by atoms with E-state index < -0.39 is 11.9 Å². The minimum Gasteiger partial charge on any atom is -0.478 e. The molecule has 6 heteroatoms. The zero-order valence-electron chi connectivity index (χ0n) is 15.7. The highest BCUT2D eigenvalue weighted by molar-refractivity contribution is 5.87. The van der Waals surface area contributed by atoms with E-state index in [1.165, 1.54) is 0 Å². The molecule has 0 bridgehead atoms.